The van der Waals surface area contributed by atoms with E-state index < -0.39 is 0 Å². The van der Waals surface area contributed by atoms with E-state index in [2.05, 4.69) is 51.2 Å². The number of benzene rings is 2. The molecule has 0 amide bonds. The van der Waals surface area contributed by atoms with Gasteiger partial charge in [-0.25, -0.2) is 0 Å². The van der Waals surface area contributed by atoms with Crippen molar-refractivity contribution in [2.24, 2.45) is 0 Å². The molecular formula is C16H11BrClN. The summed E-state index contributed by atoms with van der Waals surface area (Å²) in [5, 5.41) is 1.70. The Hall–Kier alpha value is -1.38. The highest BCUT2D eigenvalue weighted by molar-refractivity contribution is 9.10. The number of hydrogen-bond donors (Lipinski definition) is 0. The van der Waals surface area contributed by atoms with Gasteiger partial charge in [-0.05, 0) is 33.5 Å². The van der Waals surface area contributed by atoms with Crippen LogP contribution in [0.4, 0.5) is 0 Å². The number of nitrogens with zero attached hydrogens (tertiary/aromatic N) is 1. The highest BCUT2D eigenvalue weighted by atomic mass is 79.9. The zero-order valence-electron chi connectivity index (χ0n) is 10.1. The van der Waals surface area contributed by atoms with Crippen LogP contribution in [0.2, 0.25) is 5.02 Å². The van der Waals surface area contributed by atoms with E-state index in [4.69, 9.17) is 11.6 Å². The summed E-state index contributed by atoms with van der Waals surface area (Å²) in [6.07, 6.45) is 2.57. The molecule has 1 nitrogen and oxygen atoms in total. The lowest BCUT2D eigenvalue weighted by atomic mass is 10.0. The fourth-order valence-corrected chi connectivity index (χ4v) is 2.76. The minimum absolute atomic E-state index is 0.643. The predicted octanol–water partition coefficient (Wildman–Crippen LogP) is 5.24. The van der Waals surface area contributed by atoms with Gasteiger partial charge in [0.2, 0.25) is 0 Å². The molecule has 1 aromatic heterocycles. The normalized spacial score (nSPS) is 10.8. The lowest BCUT2D eigenvalue weighted by molar-refractivity contribution is 1.19. The molecule has 0 aliphatic rings. The Bertz CT molecular complexity index is 725. The van der Waals surface area contributed by atoms with Crippen LogP contribution in [0.5, 0.6) is 0 Å². The molecule has 0 saturated carbocycles. The van der Waals surface area contributed by atoms with Crippen LogP contribution in [-0.4, -0.2) is 4.98 Å². The zero-order chi connectivity index (χ0) is 13.2. The summed E-state index contributed by atoms with van der Waals surface area (Å²) in [5.74, 6) is 0. The molecule has 0 unspecified atom stereocenters. The number of hydrogen-bond acceptors (Lipinski definition) is 1. The van der Waals surface area contributed by atoms with Crippen molar-refractivity contribution in [1.29, 1.82) is 0 Å². The summed E-state index contributed by atoms with van der Waals surface area (Å²) in [5.41, 5.74) is 3.49. The van der Waals surface area contributed by atoms with Crippen LogP contribution in [0.25, 0.3) is 10.9 Å². The molecule has 0 N–H and O–H groups in total. The maximum Gasteiger partial charge on any atom is 0.0749 e. The quantitative estimate of drug-likeness (QED) is 0.625. The Morgan fingerprint density at radius 3 is 2.58 bits per heavy atom. The van der Waals surface area contributed by atoms with Gasteiger partial charge in [0.05, 0.1) is 10.5 Å². The van der Waals surface area contributed by atoms with E-state index in [1.165, 1.54) is 11.1 Å². The Morgan fingerprint density at radius 2 is 1.79 bits per heavy atom. The third kappa shape index (κ3) is 2.51. The highest BCUT2D eigenvalue weighted by Gasteiger charge is 2.08. The monoisotopic (exact) mass is 331 g/mol. The molecule has 0 spiro atoms. The van der Waals surface area contributed by atoms with Gasteiger partial charge in [0.25, 0.3) is 0 Å². The molecule has 19 heavy (non-hydrogen) atoms. The van der Waals surface area contributed by atoms with Crippen LogP contribution in [0.15, 0.2) is 59.2 Å². The Morgan fingerprint density at radius 1 is 1.00 bits per heavy atom. The molecule has 1 heterocycles. The smallest absolute Gasteiger partial charge is 0.0749 e. The topological polar surface area (TPSA) is 12.9 Å². The molecule has 0 fully saturated rings. The first-order valence-corrected chi connectivity index (χ1v) is 7.18. The van der Waals surface area contributed by atoms with Crippen LogP contribution in [0, 0.1) is 0 Å². The minimum atomic E-state index is 0.643. The molecule has 0 radical (unpaired) electrons. The van der Waals surface area contributed by atoms with Crippen molar-refractivity contribution in [3.63, 3.8) is 0 Å². The van der Waals surface area contributed by atoms with E-state index in [9.17, 15) is 0 Å². The van der Waals surface area contributed by atoms with Crippen LogP contribution in [0.1, 0.15) is 11.1 Å². The molecule has 3 heteroatoms. The van der Waals surface area contributed by atoms with Crippen LogP contribution in [0.3, 0.4) is 0 Å². The van der Waals surface area contributed by atoms with Crippen LogP contribution in [-0.2, 0) is 6.42 Å². The zero-order valence-corrected chi connectivity index (χ0v) is 12.4. The van der Waals surface area contributed by atoms with Gasteiger partial charge in [-0.15, -0.1) is 0 Å². The van der Waals surface area contributed by atoms with E-state index in [0.717, 1.165) is 21.8 Å². The van der Waals surface area contributed by atoms with E-state index >= 15 is 0 Å². The lowest BCUT2D eigenvalue weighted by Crippen LogP contribution is -1.92. The Labute approximate surface area is 125 Å². The molecule has 94 valence electrons. The fourth-order valence-electron chi connectivity index (χ4n) is 2.19. The summed E-state index contributed by atoms with van der Waals surface area (Å²) in [4.78, 5) is 4.48. The van der Waals surface area contributed by atoms with Crippen molar-refractivity contribution >= 4 is 38.4 Å². The summed E-state index contributed by atoms with van der Waals surface area (Å²) in [7, 11) is 0. The second-order valence-electron chi connectivity index (χ2n) is 4.40. The molecule has 0 atom stereocenters. The first-order chi connectivity index (χ1) is 9.25. The molecule has 0 saturated heterocycles. The number of fused-ring (bicyclic) bond motifs is 1. The van der Waals surface area contributed by atoms with Crippen LogP contribution < -0.4 is 0 Å². The molecule has 3 rings (SSSR count). The minimum Gasteiger partial charge on any atom is -0.254 e. The second kappa shape index (κ2) is 5.32. The average Bonchev–Trinajstić information content (AvgIpc) is 2.45. The Kier molecular flexibility index (Phi) is 3.54. The Balaban J connectivity index is 2.12. The third-order valence-corrected chi connectivity index (χ3v) is 4.48. The number of pyridine rings is 1. The maximum absolute atomic E-state index is 6.09. The van der Waals surface area contributed by atoms with Crippen molar-refractivity contribution in [2.45, 2.75) is 6.42 Å². The molecule has 2 aromatic carbocycles. The molecule has 0 bridgehead atoms. The first kappa shape index (κ1) is 12.6. The summed E-state index contributed by atoms with van der Waals surface area (Å²) >= 11 is 9.62. The number of halogens is 2. The standard InChI is InChI=1S/C16H11BrClN/c17-15-13-8-4-7-12(16(13)19-10-14(15)18)9-11-5-2-1-3-6-11/h1-8,10H,9H2. The van der Waals surface area contributed by atoms with Crippen molar-refractivity contribution < 1.29 is 0 Å². The van der Waals surface area contributed by atoms with Gasteiger partial charge in [0, 0.05) is 16.1 Å². The fraction of sp³-hybridized carbons (Fsp3) is 0.0625. The van der Waals surface area contributed by atoms with Gasteiger partial charge in [-0.3, -0.25) is 4.98 Å². The van der Waals surface area contributed by atoms with E-state index in [0.29, 0.717) is 5.02 Å². The van der Waals surface area contributed by atoms with E-state index in [1.807, 2.05) is 18.2 Å². The summed E-state index contributed by atoms with van der Waals surface area (Å²) in [6, 6.07) is 16.6. The second-order valence-corrected chi connectivity index (χ2v) is 5.60. The molecular weight excluding hydrogens is 322 g/mol. The number of rotatable bonds is 2. The largest absolute Gasteiger partial charge is 0.254 e. The van der Waals surface area contributed by atoms with Gasteiger partial charge in [0.1, 0.15) is 0 Å². The predicted molar refractivity (Wildman–Crippen MR) is 83.7 cm³/mol. The number of aromatic nitrogens is 1. The van der Waals surface area contributed by atoms with Crippen molar-refractivity contribution in [2.75, 3.05) is 0 Å². The van der Waals surface area contributed by atoms with Gasteiger partial charge in [-0.2, -0.15) is 0 Å². The van der Waals surface area contributed by atoms with Crippen LogP contribution >= 0.6 is 27.5 Å². The van der Waals surface area contributed by atoms with E-state index in [-0.39, 0.29) is 0 Å². The SMILES string of the molecule is Clc1cnc2c(Cc3ccccc3)cccc2c1Br. The van der Waals surface area contributed by atoms with Gasteiger partial charge in [-0.1, -0.05) is 60.1 Å². The van der Waals surface area contributed by atoms with E-state index in [1.54, 1.807) is 6.20 Å². The number of para-hydroxylation sites is 1. The van der Waals surface area contributed by atoms with Crippen molar-refractivity contribution in [3.8, 4) is 0 Å². The van der Waals surface area contributed by atoms with Gasteiger partial charge >= 0.3 is 0 Å². The molecule has 3 aromatic rings. The summed E-state index contributed by atoms with van der Waals surface area (Å²) < 4.78 is 0.911. The summed E-state index contributed by atoms with van der Waals surface area (Å²) in [6.45, 7) is 0. The third-order valence-electron chi connectivity index (χ3n) is 3.11. The van der Waals surface area contributed by atoms with Gasteiger partial charge < -0.3 is 0 Å². The molecule has 0 aliphatic heterocycles. The van der Waals surface area contributed by atoms with Crippen molar-refractivity contribution in [3.05, 3.63) is 75.4 Å². The first-order valence-electron chi connectivity index (χ1n) is 6.01. The highest BCUT2D eigenvalue weighted by Crippen LogP contribution is 2.31. The molecule has 0 aliphatic carbocycles. The maximum atomic E-state index is 6.09. The van der Waals surface area contributed by atoms with Crippen molar-refractivity contribution in [1.82, 2.24) is 4.98 Å². The average molecular weight is 333 g/mol. The van der Waals surface area contributed by atoms with Gasteiger partial charge in [0.15, 0.2) is 0 Å². The lowest BCUT2D eigenvalue weighted by Gasteiger charge is -2.08.